The molecule has 0 aliphatic carbocycles. The van der Waals surface area contributed by atoms with Gasteiger partial charge in [0.05, 0.1) is 10.1 Å². The second-order valence-electron chi connectivity index (χ2n) is 10.5. The van der Waals surface area contributed by atoms with Crippen LogP contribution >= 0.6 is 23.2 Å². The maximum absolute atomic E-state index is 13.9. The van der Waals surface area contributed by atoms with Crippen molar-refractivity contribution in [1.82, 2.24) is 10.6 Å². The van der Waals surface area contributed by atoms with Crippen LogP contribution in [0.15, 0.2) is 47.8 Å². The number of aliphatic hydroxyl groups is 1. The van der Waals surface area contributed by atoms with Crippen LogP contribution < -0.4 is 16.0 Å². The molecular weight excluding hydrogens is 547 g/mol. The van der Waals surface area contributed by atoms with Crippen molar-refractivity contribution in [3.63, 3.8) is 0 Å². The number of aliphatic hydroxyl groups excluding tert-OH is 1. The van der Waals surface area contributed by atoms with E-state index in [1.165, 1.54) is 24.3 Å². The number of nitrogens with one attached hydrogen (secondary N) is 3. The Morgan fingerprint density at radius 2 is 1.85 bits per heavy atom. The van der Waals surface area contributed by atoms with Crippen molar-refractivity contribution in [1.29, 1.82) is 0 Å². The molecule has 6 nitrogen and oxygen atoms in total. The zero-order chi connectivity index (χ0) is 29.8. The van der Waals surface area contributed by atoms with E-state index in [9.17, 15) is 18.4 Å². The zero-order valence-corrected chi connectivity index (χ0v) is 24.8. The highest BCUT2D eigenvalue weighted by Crippen LogP contribution is 2.37. The van der Waals surface area contributed by atoms with E-state index in [2.05, 4.69) is 50.2 Å². The van der Waals surface area contributed by atoms with E-state index in [0.717, 1.165) is 25.8 Å². The van der Waals surface area contributed by atoms with Gasteiger partial charge in [0.15, 0.2) is 0 Å². The molecule has 1 fully saturated rings. The predicted octanol–water partition coefficient (Wildman–Crippen LogP) is 6.85. The number of halogens is 4. The van der Waals surface area contributed by atoms with Gasteiger partial charge in [-0.3, -0.25) is 9.59 Å². The molecule has 1 heterocycles. The highest BCUT2D eigenvalue weighted by Gasteiger charge is 2.30. The second-order valence-corrected chi connectivity index (χ2v) is 11.3. The molecule has 0 saturated carbocycles. The number of unbranched alkanes of at least 4 members (excludes halogenated alkanes) is 2. The number of allylic oxidation sites excluding steroid dienone is 5. The van der Waals surface area contributed by atoms with Gasteiger partial charge in [0.2, 0.25) is 12.8 Å². The first-order valence-corrected chi connectivity index (χ1v) is 13.7. The van der Waals surface area contributed by atoms with Gasteiger partial charge in [-0.2, -0.15) is 0 Å². The van der Waals surface area contributed by atoms with Gasteiger partial charge in [-0.1, -0.05) is 63.6 Å². The van der Waals surface area contributed by atoms with Gasteiger partial charge in [0.25, 0.3) is 0 Å². The molecule has 1 aromatic rings. The van der Waals surface area contributed by atoms with Gasteiger partial charge in [-0.25, -0.2) is 8.78 Å². The van der Waals surface area contributed by atoms with Crippen molar-refractivity contribution < 1.29 is 23.5 Å². The third-order valence-electron chi connectivity index (χ3n) is 5.22. The van der Waals surface area contributed by atoms with E-state index < -0.39 is 11.6 Å². The van der Waals surface area contributed by atoms with Crippen LogP contribution in [0.25, 0.3) is 0 Å². The summed E-state index contributed by atoms with van der Waals surface area (Å²) in [6.45, 7) is 14.5. The van der Waals surface area contributed by atoms with Crippen LogP contribution in [-0.4, -0.2) is 44.2 Å². The molecule has 4 N–H and O–H groups in total. The van der Waals surface area contributed by atoms with Crippen LogP contribution in [0.2, 0.25) is 5.02 Å². The number of rotatable bonds is 13. The van der Waals surface area contributed by atoms with Gasteiger partial charge < -0.3 is 21.1 Å². The maximum atomic E-state index is 13.9. The summed E-state index contributed by atoms with van der Waals surface area (Å²) < 4.78 is 27.5. The summed E-state index contributed by atoms with van der Waals surface area (Å²) >= 11 is 11.5. The van der Waals surface area contributed by atoms with Crippen LogP contribution in [-0.2, 0) is 9.59 Å². The minimum absolute atomic E-state index is 0.0409. The lowest BCUT2D eigenvalue weighted by Gasteiger charge is -2.21. The first kappa shape index (κ1) is 36.7. The lowest BCUT2D eigenvalue weighted by Crippen LogP contribution is -2.13. The molecular formula is C29H43Cl2F2N3O3. The molecule has 2 amide bonds. The standard InChI is InChI=1S/C18H18Cl2F2N2O.C6H13NO2.C5H12/c1-2-14(19)16(21)5-3-4-11-8-23-9-13(11)12-6-17(22)15(20)7-18(12)24-10-25;8-5-3-1-2-4-7-6-9;1-5(2,3)4/h2-3,5-7,10-11,13,23H,1,4,8-9H2,(H,24,25);6,8H,1-5H2,(H,7,9);1-4H3/b5-3-,16-14-;;/t11-,13?;;/m0../s1. The number of hydrogen-bond acceptors (Lipinski definition) is 4. The number of hydrogen-bond donors (Lipinski definition) is 4. The molecule has 39 heavy (non-hydrogen) atoms. The Kier molecular flexibility index (Phi) is 19.4. The number of carbonyl (C=O) groups is 2. The molecule has 2 rings (SSSR count). The Balaban J connectivity index is 0.000000852. The van der Waals surface area contributed by atoms with E-state index in [0.29, 0.717) is 49.0 Å². The summed E-state index contributed by atoms with van der Waals surface area (Å²) in [6, 6.07) is 2.75. The smallest absolute Gasteiger partial charge is 0.211 e. The lowest BCUT2D eigenvalue weighted by atomic mass is 9.85. The summed E-state index contributed by atoms with van der Waals surface area (Å²) in [5.74, 6) is -1.03. The Morgan fingerprint density at radius 3 is 2.41 bits per heavy atom. The van der Waals surface area contributed by atoms with Crippen LogP contribution in [0.3, 0.4) is 0 Å². The average Bonchev–Trinajstić information content (AvgIpc) is 3.33. The predicted molar refractivity (Wildman–Crippen MR) is 158 cm³/mol. The lowest BCUT2D eigenvalue weighted by molar-refractivity contribution is -0.109. The molecule has 0 radical (unpaired) electrons. The van der Waals surface area contributed by atoms with Crippen LogP contribution in [0, 0.1) is 17.2 Å². The molecule has 10 heteroatoms. The first-order valence-electron chi connectivity index (χ1n) is 12.9. The van der Waals surface area contributed by atoms with Crippen LogP contribution in [0.4, 0.5) is 14.5 Å². The third kappa shape index (κ3) is 17.1. The van der Waals surface area contributed by atoms with Crippen molar-refractivity contribution >= 4 is 41.7 Å². The topological polar surface area (TPSA) is 90.5 Å². The molecule has 220 valence electrons. The van der Waals surface area contributed by atoms with E-state index in [-0.39, 0.29) is 28.5 Å². The van der Waals surface area contributed by atoms with Crippen molar-refractivity contribution in [2.75, 3.05) is 31.6 Å². The third-order valence-corrected chi connectivity index (χ3v) is 5.84. The fraction of sp³-hybridized carbons (Fsp3) is 0.517. The summed E-state index contributed by atoms with van der Waals surface area (Å²) in [7, 11) is 0. The minimum Gasteiger partial charge on any atom is -0.396 e. The molecule has 1 unspecified atom stereocenters. The van der Waals surface area contributed by atoms with Gasteiger partial charge in [-0.05, 0) is 73.4 Å². The maximum Gasteiger partial charge on any atom is 0.211 e. The summed E-state index contributed by atoms with van der Waals surface area (Å²) in [6.07, 6.45) is 8.78. The van der Waals surface area contributed by atoms with Gasteiger partial charge in [0, 0.05) is 31.3 Å². The summed E-state index contributed by atoms with van der Waals surface area (Å²) in [5.41, 5.74) is 1.64. The van der Waals surface area contributed by atoms with E-state index in [4.69, 9.17) is 28.3 Å². The zero-order valence-electron chi connectivity index (χ0n) is 23.3. The highest BCUT2D eigenvalue weighted by molar-refractivity contribution is 6.31. The molecule has 0 bridgehead atoms. The first-order chi connectivity index (χ1) is 18.4. The molecule has 0 aromatic heterocycles. The van der Waals surface area contributed by atoms with Gasteiger partial charge in [-0.15, -0.1) is 0 Å². The monoisotopic (exact) mass is 589 g/mol. The SMILES string of the molecule is C=C/C(Cl)=C(F)\C=C/C[C@H]1CNCC1c1cc(F)c(Cl)cc1NC=O.CC(C)(C)C.O=CNCCCCCO. The van der Waals surface area contributed by atoms with E-state index in [1.54, 1.807) is 6.08 Å². The fourth-order valence-electron chi connectivity index (χ4n) is 3.50. The van der Waals surface area contributed by atoms with Crippen molar-refractivity contribution in [2.45, 2.75) is 59.3 Å². The molecule has 2 atom stereocenters. The number of carbonyl (C=O) groups excluding carboxylic acids is 2. The Bertz CT molecular complexity index is 944. The van der Waals surface area contributed by atoms with Gasteiger partial charge >= 0.3 is 0 Å². The van der Waals surface area contributed by atoms with Gasteiger partial charge in [0.1, 0.15) is 11.6 Å². The normalized spacial score (nSPS) is 17.3. The number of anilines is 1. The Labute approximate surface area is 241 Å². The minimum atomic E-state index is -0.556. The molecule has 0 spiro atoms. The average molecular weight is 591 g/mol. The molecule has 1 saturated heterocycles. The van der Waals surface area contributed by atoms with E-state index in [1.807, 2.05) is 0 Å². The number of amides is 2. The molecule has 1 aliphatic rings. The number of benzene rings is 1. The second kappa shape index (κ2) is 20.6. The Morgan fingerprint density at radius 1 is 1.18 bits per heavy atom. The molecule has 1 aliphatic heterocycles. The van der Waals surface area contributed by atoms with Crippen molar-refractivity contribution in [3.05, 3.63) is 64.2 Å². The van der Waals surface area contributed by atoms with Crippen LogP contribution in [0.5, 0.6) is 0 Å². The highest BCUT2D eigenvalue weighted by atomic mass is 35.5. The van der Waals surface area contributed by atoms with Crippen LogP contribution in [0.1, 0.15) is 64.9 Å². The van der Waals surface area contributed by atoms with E-state index >= 15 is 0 Å². The fourth-order valence-corrected chi connectivity index (χ4v) is 3.73. The quantitative estimate of drug-likeness (QED) is 0.115. The van der Waals surface area contributed by atoms with Crippen molar-refractivity contribution in [3.8, 4) is 0 Å². The Hall–Kier alpha value is -2.26. The molecule has 1 aromatic carbocycles. The van der Waals surface area contributed by atoms with Crippen molar-refractivity contribution in [2.24, 2.45) is 11.3 Å². The summed E-state index contributed by atoms with van der Waals surface area (Å²) in [4.78, 5) is 20.5. The largest absolute Gasteiger partial charge is 0.396 e. The summed E-state index contributed by atoms with van der Waals surface area (Å²) in [5, 5.41) is 16.6.